The zero-order chi connectivity index (χ0) is 8.32. The highest BCUT2D eigenvalue weighted by atomic mass is 16.5. The van der Waals surface area contributed by atoms with Gasteiger partial charge in [0, 0.05) is 6.04 Å². The van der Waals surface area contributed by atoms with Gasteiger partial charge < -0.3 is 4.74 Å². The molecule has 1 atom stereocenters. The highest BCUT2D eigenvalue weighted by Gasteiger charge is 2.29. The summed E-state index contributed by atoms with van der Waals surface area (Å²) in [7, 11) is 0. The van der Waals surface area contributed by atoms with Crippen LogP contribution in [0.25, 0.3) is 0 Å². The Morgan fingerprint density at radius 3 is 2.91 bits per heavy atom. The van der Waals surface area contributed by atoms with E-state index in [9.17, 15) is 0 Å². The average molecular weight is 155 g/mol. The molecule has 1 saturated heterocycles. The smallest absolute Gasteiger partial charge is 0.113 e. The van der Waals surface area contributed by atoms with Crippen LogP contribution in [0.3, 0.4) is 0 Å². The van der Waals surface area contributed by atoms with Gasteiger partial charge in [0.2, 0.25) is 0 Å². The van der Waals surface area contributed by atoms with Gasteiger partial charge in [-0.2, -0.15) is 0 Å². The number of hydrogen-bond donors (Lipinski definition) is 1. The van der Waals surface area contributed by atoms with E-state index in [1.807, 2.05) is 6.08 Å². The van der Waals surface area contributed by atoms with Crippen LogP contribution in [-0.4, -0.2) is 18.4 Å². The Bertz CT molecular complexity index is 142. The summed E-state index contributed by atoms with van der Waals surface area (Å²) in [5.74, 6) is 0. The lowest BCUT2D eigenvalue weighted by atomic mass is 10.1. The number of nitrogens with one attached hydrogen (secondary N) is 1. The van der Waals surface area contributed by atoms with Crippen LogP contribution in [-0.2, 0) is 4.74 Å². The molecule has 0 aromatic rings. The maximum absolute atomic E-state index is 5.50. The van der Waals surface area contributed by atoms with Crippen molar-refractivity contribution in [1.29, 1.82) is 0 Å². The van der Waals surface area contributed by atoms with Crippen LogP contribution in [0.1, 0.15) is 26.7 Å². The lowest BCUT2D eigenvalue weighted by molar-refractivity contribution is 0.0231. The van der Waals surface area contributed by atoms with Crippen molar-refractivity contribution in [3.63, 3.8) is 0 Å². The van der Waals surface area contributed by atoms with E-state index < -0.39 is 0 Å². The monoisotopic (exact) mass is 155 g/mol. The lowest BCUT2D eigenvalue weighted by Crippen LogP contribution is -2.38. The van der Waals surface area contributed by atoms with Crippen molar-refractivity contribution < 1.29 is 4.74 Å². The molecule has 11 heavy (non-hydrogen) atoms. The molecule has 0 bridgehead atoms. The van der Waals surface area contributed by atoms with Crippen molar-refractivity contribution in [2.45, 2.75) is 38.5 Å². The first-order valence-corrected chi connectivity index (χ1v) is 4.16. The molecule has 0 aromatic carbocycles. The van der Waals surface area contributed by atoms with Gasteiger partial charge in [0.1, 0.15) is 5.72 Å². The van der Waals surface area contributed by atoms with E-state index in [1.54, 1.807) is 0 Å². The number of rotatable bonds is 3. The van der Waals surface area contributed by atoms with Crippen molar-refractivity contribution in [2.75, 3.05) is 6.61 Å². The minimum absolute atomic E-state index is 0.119. The third kappa shape index (κ3) is 2.64. The molecule has 0 saturated carbocycles. The van der Waals surface area contributed by atoms with Gasteiger partial charge in [0.25, 0.3) is 0 Å². The first-order valence-electron chi connectivity index (χ1n) is 4.16. The van der Waals surface area contributed by atoms with Crippen LogP contribution in [0, 0.1) is 0 Å². The number of hydrogen-bond acceptors (Lipinski definition) is 2. The molecular weight excluding hydrogens is 138 g/mol. The Labute approximate surface area is 68.6 Å². The van der Waals surface area contributed by atoms with E-state index in [0.717, 1.165) is 19.4 Å². The Morgan fingerprint density at radius 1 is 1.73 bits per heavy atom. The summed E-state index contributed by atoms with van der Waals surface area (Å²) in [5, 5.41) is 3.40. The molecule has 1 unspecified atom stereocenters. The second-order valence-electron chi connectivity index (χ2n) is 3.53. The van der Waals surface area contributed by atoms with Gasteiger partial charge in [-0.3, -0.25) is 5.32 Å². The third-order valence-electron chi connectivity index (χ3n) is 1.92. The van der Waals surface area contributed by atoms with E-state index in [2.05, 4.69) is 25.7 Å². The van der Waals surface area contributed by atoms with Gasteiger partial charge in [-0.15, -0.1) is 6.58 Å². The van der Waals surface area contributed by atoms with E-state index in [4.69, 9.17) is 4.74 Å². The van der Waals surface area contributed by atoms with E-state index in [1.165, 1.54) is 0 Å². The van der Waals surface area contributed by atoms with Crippen LogP contribution < -0.4 is 5.32 Å². The van der Waals surface area contributed by atoms with Crippen molar-refractivity contribution in [1.82, 2.24) is 5.32 Å². The zero-order valence-electron chi connectivity index (χ0n) is 7.39. The van der Waals surface area contributed by atoms with E-state index in [-0.39, 0.29) is 5.72 Å². The van der Waals surface area contributed by atoms with Gasteiger partial charge in [-0.05, 0) is 26.7 Å². The van der Waals surface area contributed by atoms with Crippen molar-refractivity contribution in [2.24, 2.45) is 0 Å². The summed E-state index contributed by atoms with van der Waals surface area (Å²) < 4.78 is 5.50. The van der Waals surface area contributed by atoms with Gasteiger partial charge >= 0.3 is 0 Å². The Balaban J connectivity index is 2.24. The fraction of sp³-hybridized carbons (Fsp3) is 0.778. The maximum Gasteiger partial charge on any atom is 0.113 e. The molecule has 1 aliphatic rings. The summed E-state index contributed by atoms with van der Waals surface area (Å²) in [6, 6.07) is 0.517. The predicted octanol–water partition coefficient (Wildman–Crippen LogP) is 1.68. The quantitative estimate of drug-likeness (QED) is 0.626. The summed E-state index contributed by atoms with van der Waals surface area (Å²) >= 11 is 0. The van der Waals surface area contributed by atoms with Gasteiger partial charge in [-0.25, -0.2) is 0 Å². The van der Waals surface area contributed by atoms with Gasteiger partial charge in [-0.1, -0.05) is 6.08 Å². The largest absolute Gasteiger partial charge is 0.360 e. The summed E-state index contributed by atoms with van der Waals surface area (Å²) in [6.07, 6.45) is 4.15. The van der Waals surface area contributed by atoms with Crippen LogP contribution in [0.2, 0.25) is 0 Å². The second kappa shape index (κ2) is 3.37. The molecule has 2 nitrogen and oxygen atoms in total. The molecule has 2 heteroatoms. The van der Waals surface area contributed by atoms with E-state index in [0.29, 0.717) is 6.04 Å². The highest BCUT2D eigenvalue weighted by molar-refractivity contribution is 4.83. The standard InChI is InChI=1S/C9H17NO/c1-4-5-6-8-7-11-9(2,3)10-8/h4,8,10H,1,5-7H2,2-3H3. The number of allylic oxidation sites excluding steroid dienone is 1. The average Bonchev–Trinajstić information content (AvgIpc) is 2.26. The molecule has 1 heterocycles. The second-order valence-corrected chi connectivity index (χ2v) is 3.53. The zero-order valence-corrected chi connectivity index (χ0v) is 7.39. The minimum atomic E-state index is -0.119. The first-order chi connectivity index (χ1) is 5.14. The highest BCUT2D eigenvalue weighted by Crippen LogP contribution is 2.16. The lowest BCUT2D eigenvalue weighted by Gasteiger charge is -2.17. The summed E-state index contributed by atoms with van der Waals surface area (Å²) in [4.78, 5) is 0. The van der Waals surface area contributed by atoms with Crippen molar-refractivity contribution in [3.05, 3.63) is 12.7 Å². The topological polar surface area (TPSA) is 21.3 Å². The Hall–Kier alpha value is -0.340. The SMILES string of the molecule is C=CCCC1COC(C)(C)N1. The summed E-state index contributed by atoms with van der Waals surface area (Å²) in [6.45, 7) is 8.64. The Morgan fingerprint density at radius 2 is 2.45 bits per heavy atom. The molecular formula is C9H17NO. The maximum atomic E-state index is 5.50. The molecule has 0 radical (unpaired) electrons. The van der Waals surface area contributed by atoms with Crippen LogP contribution in [0.5, 0.6) is 0 Å². The van der Waals surface area contributed by atoms with Gasteiger partial charge in [0.15, 0.2) is 0 Å². The Kier molecular flexibility index (Phi) is 2.68. The molecule has 1 rings (SSSR count). The molecule has 1 N–H and O–H groups in total. The first kappa shape index (κ1) is 8.75. The molecule has 64 valence electrons. The van der Waals surface area contributed by atoms with Crippen molar-refractivity contribution >= 4 is 0 Å². The van der Waals surface area contributed by atoms with E-state index >= 15 is 0 Å². The van der Waals surface area contributed by atoms with Crippen LogP contribution in [0.4, 0.5) is 0 Å². The molecule has 1 aliphatic heterocycles. The minimum Gasteiger partial charge on any atom is -0.360 e. The molecule has 0 aromatic heterocycles. The van der Waals surface area contributed by atoms with Crippen molar-refractivity contribution in [3.8, 4) is 0 Å². The normalized spacial score (nSPS) is 28.7. The summed E-state index contributed by atoms with van der Waals surface area (Å²) in [5.41, 5.74) is -0.119. The third-order valence-corrected chi connectivity index (χ3v) is 1.92. The fourth-order valence-electron chi connectivity index (χ4n) is 1.36. The molecule has 0 spiro atoms. The molecule has 1 fully saturated rings. The molecule has 0 aliphatic carbocycles. The molecule has 0 amide bonds. The van der Waals surface area contributed by atoms with Crippen LogP contribution in [0.15, 0.2) is 12.7 Å². The predicted molar refractivity (Wildman–Crippen MR) is 46.4 cm³/mol. The van der Waals surface area contributed by atoms with Gasteiger partial charge in [0.05, 0.1) is 6.61 Å². The van der Waals surface area contributed by atoms with Crippen LogP contribution >= 0.6 is 0 Å². The fourth-order valence-corrected chi connectivity index (χ4v) is 1.36. The number of ether oxygens (including phenoxy) is 1.